The molecule has 0 radical (unpaired) electrons. The van der Waals surface area contributed by atoms with Crippen molar-refractivity contribution in [3.05, 3.63) is 123 Å². The molecule has 4 aromatic rings. The van der Waals surface area contributed by atoms with E-state index in [1.807, 2.05) is 11.8 Å². The fraction of sp³-hybridized carbons (Fsp3) is 0.0769. The molecule has 152 valence electrons. The minimum atomic E-state index is -1.68. The molecule has 1 heterocycles. The third-order valence-electron chi connectivity index (χ3n) is 4.79. The fourth-order valence-electron chi connectivity index (χ4n) is 3.23. The Morgan fingerprint density at radius 2 is 1.33 bits per heavy atom. The Bertz CT molecular complexity index is 1080. The maximum absolute atomic E-state index is 2.52. The summed E-state index contributed by atoms with van der Waals surface area (Å²) in [5, 5.41) is 0. The first-order valence-corrected chi connectivity index (χ1v) is 17.6. The van der Waals surface area contributed by atoms with Crippen molar-refractivity contribution < 1.29 is 21.2 Å². The van der Waals surface area contributed by atoms with E-state index in [-0.39, 0.29) is 0 Å². The van der Waals surface area contributed by atoms with Gasteiger partial charge in [-0.25, -0.2) is 0 Å². The first-order valence-electron chi connectivity index (χ1n) is 9.73. The van der Waals surface area contributed by atoms with Gasteiger partial charge < -0.3 is 0 Å². The van der Waals surface area contributed by atoms with Crippen LogP contribution in [-0.4, -0.2) is 4.43 Å². The Kier molecular flexibility index (Phi) is 7.03. The van der Waals surface area contributed by atoms with E-state index in [0.717, 1.165) is 3.92 Å². The van der Waals surface area contributed by atoms with Gasteiger partial charge in [0.05, 0.1) is 0 Å². The summed E-state index contributed by atoms with van der Waals surface area (Å²) in [5.74, 6) is 0. The van der Waals surface area contributed by atoms with Crippen molar-refractivity contribution in [3.8, 4) is 0 Å². The molecule has 5 rings (SSSR count). The van der Waals surface area contributed by atoms with Crippen molar-refractivity contribution in [1.29, 1.82) is 0 Å². The molecule has 0 amide bonds. The zero-order valence-corrected chi connectivity index (χ0v) is 23.4. The number of rotatable bonds is 6. The van der Waals surface area contributed by atoms with Gasteiger partial charge in [0.2, 0.25) is 0 Å². The van der Waals surface area contributed by atoms with Gasteiger partial charge in [-0.15, -0.1) is 0 Å². The minimum absolute atomic E-state index is 0.478. The SMILES string of the molecule is Ic1cc(I(c2ccccc2)c2ccccc2)ccc1Sc1ccc(C2C[I-]2)cc1. The molecule has 0 aromatic heterocycles. The van der Waals surface area contributed by atoms with Crippen LogP contribution in [0.15, 0.2) is 113 Å². The van der Waals surface area contributed by atoms with E-state index in [4.69, 9.17) is 0 Å². The fourth-order valence-corrected chi connectivity index (χ4v) is 12.8. The van der Waals surface area contributed by atoms with Gasteiger partial charge in [0.15, 0.2) is 0 Å². The van der Waals surface area contributed by atoms with Crippen LogP contribution in [0.4, 0.5) is 0 Å². The average molecular weight is 745 g/mol. The Morgan fingerprint density at radius 1 is 0.733 bits per heavy atom. The molecule has 1 fully saturated rings. The van der Waals surface area contributed by atoms with E-state index in [9.17, 15) is 0 Å². The summed E-state index contributed by atoms with van der Waals surface area (Å²) < 4.78 is 8.23. The van der Waals surface area contributed by atoms with Gasteiger partial charge in [-0.3, -0.25) is 0 Å². The van der Waals surface area contributed by atoms with Gasteiger partial charge in [-0.2, -0.15) is 0 Å². The molecular formula is C26H20I3S-. The normalized spacial score (nSPS) is 15.9. The number of alkyl halides is 2. The molecule has 1 saturated heterocycles. The van der Waals surface area contributed by atoms with Crippen LogP contribution in [0.2, 0.25) is 0 Å². The average Bonchev–Trinajstić information content (AvgIpc) is 3.63. The topological polar surface area (TPSA) is 0 Å². The summed E-state index contributed by atoms with van der Waals surface area (Å²) in [5.41, 5.74) is 1.55. The molecule has 1 unspecified atom stereocenters. The van der Waals surface area contributed by atoms with Crippen molar-refractivity contribution >= 4 is 54.2 Å². The van der Waals surface area contributed by atoms with Crippen LogP contribution in [0.25, 0.3) is 0 Å². The molecule has 0 saturated carbocycles. The second-order valence-corrected chi connectivity index (χ2v) is 17.8. The number of hydrogen-bond donors (Lipinski definition) is 0. The van der Waals surface area contributed by atoms with E-state index in [1.54, 1.807) is 5.56 Å². The second kappa shape index (κ2) is 9.92. The molecule has 4 aromatic carbocycles. The van der Waals surface area contributed by atoms with Crippen molar-refractivity contribution in [1.82, 2.24) is 0 Å². The van der Waals surface area contributed by atoms with E-state index in [2.05, 4.69) is 126 Å². The summed E-state index contributed by atoms with van der Waals surface area (Å²) in [6.45, 7) is 0. The quantitative estimate of drug-likeness (QED) is 0.198. The van der Waals surface area contributed by atoms with Gasteiger partial charge in [0, 0.05) is 0 Å². The Balaban J connectivity index is 1.44. The summed E-state index contributed by atoms with van der Waals surface area (Å²) >= 11 is 3.20. The number of benzene rings is 4. The second-order valence-electron chi connectivity index (χ2n) is 6.90. The van der Waals surface area contributed by atoms with Crippen molar-refractivity contribution in [2.24, 2.45) is 0 Å². The Morgan fingerprint density at radius 3 is 1.87 bits per heavy atom. The Hall–Kier alpha value is -0.580. The van der Waals surface area contributed by atoms with E-state index < -0.39 is 19.8 Å². The standard InChI is InChI=1S/C26H20I3S/c27-24-17-22(29(20-7-3-1-4-8-20)21-9-5-2-6-10-21)13-16-26(24)30-23-14-11-19(12-15-23)25-18-28-25/h1-17,25H,18H2/q-1. The van der Waals surface area contributed by atoms with Crippen LogP contribution in [0, 0.1) is 14.3 Å². The third kappa shape index (κ3) is 5.07. The van der Waals surface area contributed by atoms with Gasteiger partial charge in [0.25, 0.3) is 0 Å². The molecule has 30 heavy (non-hydrogen) atoms. The molecule has 0 bridgehead atoms. The van der Waals surface area contributed by atoms with Crippen molar-refractivity contribution in [2.75, 3.05) is 4.43 Å². The molecule has 0 spiro atoms. The summed E-state index contributed by atoms with van der Waals surface area (Å²) in [6, 6.07) is 38.6. The molecule has 0 aliphatic carbocycles. The number of halogens is 3. The molecule has 4 heteroatoms. The first-order chi connectivity index (χ1) is 14.8. The first kappa shape index (κ1) is 21.3. The van der Waals surface area contributed by atoms with Crippen molar-refractivity contribution in [3.63, 3.8) is 0 Å². The molecule has 0 N–H and O–H groups in total. The summed E-state index contributed by atoms with van der Waals surface area (Å²) in [4.78, 5) is 2.69. The monoisotopic (exact) mass is 745 g/mol. The molecular weight excluding hydrogens is 725 g/mol. The van der Waals surface area contributed by atoms with E-state index in [1.165, 1.54) is 28.5 Å². The zero-order chi connectivity index (χ0) is 20.3. The summed E-state index contributed by atoms with van der Waals surface area (Å²) in [7, 11) is 0. The van der Waals surface area contributed by atoms with Crippen LogP contribution < -0.4 is 21.2 Å². The Labute approximate surface area is 214 Å². The van der Waals surface area contributed by atoms with Crippen LogP contribution in [0.5, 0.6) is 0 Å². The van der Waals surface area contributed by atoms with Gasteiger partial charge in [-0.05, 0) is 0 Å². The van der Waals surface area contributed by atoms with Crippen LogP contribution in [0.1, 0.15) is 9.49 Å². The van der Waals surface area contributed by atoms with Gasteiger partial charge in [-0.1, -0.05) is 0 Å². The van der Waals surface area contributed by atoms with E-state index >= 15 is 0 Å². The molecule has 1 aliphatic heterocycles. The van der Waals surface area contributed by atoms with Gasteiger partial charge >= 0.3 is 216 Å². The van der Waals surface area contributed by atoms with Gasteiger partial charge in [0.1, 0.15) is 0 Å². The molecule has 1 atom stereocenters. The maximum atomic E-state index is 2.52. The van der Waals surface area contributed by atoms with E-state index in [0.29, 0.717) is 21.2 Å². The van der Waals surface area contributed by atoms with Crippen LogP contribution in [0.3, 0.4) is 0 Å². The third-order valence-corrected chi connectivity index (χ3v) is 15.5. The zero-order valence-electron chi connectivity index (χ0n) is 16.1. The van der Waals surface area contributed by atoms with Crippen LogP contribution in [-0.2, 0) is 0 Å². The predicted molar refractivity (Wildman–Crippen MR) is 140 cm³/mol. The molecule has 0 nitrogen and oxygen atoms in total. The predicted octanol–water partition coefficient (Wildman–Crippen LogP) is 5.00. The molecule has 1 aliphatic rings. The number of hydrogen-bond acceptors (Lipinski definition) is 1. The van der Waals surface area contributed by atoms with Crippen LogP contribution >= 0.6 is 54.2 Å². The van der Waals surface area contributed by atoms with Crippen molar-refractivity contribution in [2.45, 2.75) is 13.7 Å². The summed E-state index contributed by atoms with van der Waals surface area (Å²) in [6.07, 6.45) is 0.